The van der Waals surface area contributed by atoms with Crippen molar-refractivity contribution in [3.8, 4) is 0 Å². The van der Waals surface area contributed by atoms with Crippen LogP contribution in [0.2, 0.25) is 25.7 Å². The van der Waals surface area contributed by atoms with E-state index in [0.717, 1.165) is 38.1 Å². The van der Waals surface area contributed by atoms with Gasteiger partial charge in [0.15, 0.2) is 0 Å². The van der Waals surface area contributed by atoms with Crippen molar-refractivity contribution >= 4 is 37.3 Å². The minimum atomic E-state index is -1.70. The normalized spacial score (nSPS) is 29.1. The van der Waals surface area contributed by atoms with Crippen molar-refractivity contribution in [2.24, 2.45) is 23.7 Å². The van der Waals surface area contributed by atoms with Crippen molar-refractivity contribution in [3.05, 3.63) is 30.3 Å². The van der Waals surface area contributed by atoms with Gasteiger partial charge in [0, 0.05) is 26.5 Å². The van der Waals surface area contributed by atoms with Crippen LogP contribution in [0.4, 0.5) is 5.69 Å². The second-order valence-corrected chi connectivity index (χ2v) is 17.4. The van der Waals surface area contributed by atoms with E-state index in [1.165, 1.54) is 4.90 Å². The van der Waals surface area contributed by atoms with Gasteiger partial charge in [-0.3, -0.25) is 19.2 Å². The zero-order valence-corrected chi connectivity index (χ0v) is 22.8. The molecule has 0 spiro atoms. The first-order valence-corrected chi connectivity index (χ1v) is 17.1. The molecule has 7 heteroatoms. The van der Waals surface area contributed by atoms with Crippen LogP contribution in [0.15, 0.2) is 30.3 Å². The number of piperidine rings is 2. The number of ketones is 1. The minimum Gasteiger partial charge on any atom is -0.335 e. The van der Waals surface area contributed by atoms with Gasteiger partial charge in [0.25, 0.3) is 0 Å². The zero-order valence-electron chi connectivity index (χ0n) is 21.8. The predicted molar refractivity (Wildman–Crippen MR) is 140 cm³/mol. The number of carbonyl (C=O) groups excluding carboxylic acids is 4. The smallest absolute Gasteiger partial charge is 0.239 e. The number of imide groups is 1. The molecule has 3 aliphatic heterocycles. The van der Waals surface area contributed by atoms with Crippen LogP contribution < -0.4 is 4.90 Å². The highest BCUT2D eigenvalue weighted by atomic mass is 28.3. The topological polar surface area (TPSA) is 74.8 Å². The fourth-order valence-corrected chi connectivity index (χ4v) is 8.38. The fourth-order valence-electron chi connectivity index (χ4n) is 6.67. The number of Topliss-reactive ketones (excluding diaryl/α,β-unsaturated/α-hetero) is 1. The van der Waals surface area contributed by atoms with E-state index in [2.05, 4.69) is 33.5 Å². The van der Waals surface area contributed by atoms with Gasteiger partial charge >= 0.3 is 0 Å². The highest BCUT2D eigenvalue weighted by Crippen LogP contribution is 2.52. The molecule has 0 radical (unpaired) electrons. The Hall–Kier alpha value is -2.28. The number of nitrogens with zero attached hydrogens (tertiary/aromatic N) is 2. The van der Waals surface area contributed by atoms with Crippen molar-refractivity contribution in [2.75, 3.05) is 4.90 Å². The Morgan fingerprint density at radius 3 is 2.23 bits per heavy atom. The van der Waals surface area contributed by atoms with E-state index in [-0.39, 0.29) is 41.9 Å². The van der Waals surface area contributed by atoms with Gasteiger partial charge in [0.05, 0.1) is 29.5 Å². The summed E-state index contributed by atoms with van der Waals surface area (Å²) in [5.41, 5.74) is 0.550. The summed E-state index contributed by atoms with van der Waals surface area (Å²) in [7, 11) is -1.70. The third-order valence-electron chi connectivity index (χ3n) is 8.20. The Labute approximate surface area is 210 Å². The van der Waals surface area contributed by atoms with Gasteiger partial charge in [-0.15, -0.1) is 0 Å². The molecule has 4 fully saturated rings. The maximum Gasteiger partial charge on any atom is 0.239 e. The summed E-state index contributed by atoms with van der Waals surface area (Å²) in [5.74, 6) is -2.34. The van der Waals surface area contributed by atoms with Crippen molar-refractivity contribution in [1.29, 1.82) is 0 Å². The summed E-state index contributed by atoms with van der Waals surface area (Å²) in [6.45, 7) is 11.0. The summed E-state index contributed by atoms with van der Waals surface area (Å²) >= 11 is 0. The van der Waals surface area contributed by atoms with Gasteiger partial charge in [-0.2, -0.15) is 0 Å². The van der Waals surface area contributed by atoms with Gasteiger partial charge in [-0.25, -0.2) is 4.90 Å². The lowest BCUT2D eigenvalue weighted by atomic mass is 9.62. The molecule has 1 saturated carbocycles. The number of rotatable bonds is 9. The third kappa shape index (κ3) is 4.64. The number of anilines is 1. The molecule has 4 aliphatic rings. The van der Waals surface area contributed by atoms with E-state index < -0.39 is 31.9 Å². The molecule has 190 valence electrons. The number of amides is 3. The predicted octanol–water partition coefficient (Wildman–Crippen LogP) is 4.91. The Kier molecular flexibility index (Phi) is 7.37. The second kappa shape index (κ2) is 10.00. The summed E-state index contributed by atoms with van der Waals surface area (Å²) in [6, 6.07) is 8.97. The average Bonchev–Trinajstić information content (AvgIpc) is 3.07. The van der Waals surface area contributed by atoms with Crippen LogP contribution in [-0.4, -0.2) is 48.6 Å². The van der Waals surface area contributed by atoms with E-state index >= 15 is 0 Å². The molecule has 35 heavy (non-hydrogen) atoms. The van der Waals surface area contributed by atoms with Crippen LogP contribution in [0.25, 0.3) is 0 Å². The molecule has 2 unspecified atom stereocenters. The molecule has 5 rings (SSSR count). The average molecular weight is 497 g/mol. The van der Waals surface area contributed by atoms with Crippen LogP contribution in [-0.2, 0) is 19.2 Å². The van der Waals surface area contributed by atoms with Gasteiger partial charge < -0.3 is 4.90 Å². The molecule has 3 heterocycles. The number of carbonyl (C=O) groups is 4. The molecular weight excluding hydrogens is 456 g/mol. The zero-order chi connectivity index (χ0) is 25.5. The maximum absolute atomic E-state index is 14.1. The second-order valence-electron chi connectivity index (χ2n) is 11.8. The number of unbranched alkanes of at least 4 members (excludes halogenated alkanes) is 2. The molecule has 0 aromatic heterocycles. The maximum atomic E-state index is 14.1. The van der Waals surface area contributed by atoms with Crippen molar-refractivity contribution in [3.63, 3.8) is 0 Å². The van der Waals surface area contributed by atoms with Gasteiger partial charge in [0.1, 0.15) is 5.78 Å². The van der Waals surface area contributed by atoms with Gasteiger partial charge in [-0.1, -0.05) is 71.0 Å². The summed E-state index contributed by atoms with van der Waals surface area (Å²) in [4.78, 5) is 58.1. The van der Waals surface area contributed by atoms with Gasteiger partial charge in [0.2, 0.25) is 17.7 Å². The third-order valence-corrected chi connectivity index (χ3v) is 9.84. The Morgan fingerprint density at radius 2 is 1.63 bits per heavy atom. The highest BCUT2D eigenvalue weighted by Gasteiger charge is 2.67. The molecule has 1 aromatic rings. The van der Waals surface area contributed by atoms with Crippen LogP contribution in [0.5, 0.6) is 0 Å². The Balaban J connectivity index is 1.74. The van der Waals surface area contributed by atoms with Crippen LogP contribution in [0, 0.1) is 23.7 Å². The number of hydrogen-bond acceptors (Lipinski definition) is 4. The van der Waals surface area contributed by atoms with E-state index in [0.29, 0.717) is 5.69 Å². The van der Waals surface area contributed by atoms with Crippen molar-refractivity contribution in [2.45, 2.75) is 90.1 Å². The van der Waals surface area contributed by atoms with Crippen LogP contribution >= 0.6 is 0 Å². The molecule has 3 saturated heterocycles. The number of hydrogen-bond donors (Lipinski definition) is 0. The minimum absolute atomic E-state index is 0.0543. The van der Waals surface area contributed by atoms with Crippen LogP contribution in [0.3, 0.4) is 0 Å². The molecule has 1 aromatic carbocycles. The first-order chi connectivity index (χ1) is 16.6. The van der Waals surface area contributed by atoms with Crippen molar-refractivity contribution < 1.29 is 19.2 Å². The molecule has 1 aliphatic carbocycles. The molecule has 2 bridgehead atoms. The summed E-state index contributed by atoms with van der Waals surface area (Å²) in [6.07, 6.45) is 4.97. The van der Waals surface area contributed by atoms with E-state index in [4.69, 9.17) is 0 Å². The van der Waals surface area contributed by atoms with E-state index in [1.54, 1.807) is 12.1 Å². The van der Waals surface area contributed by atoms with Crippen LogP contribution in [0.1, 0.15) is 52.4 Å². The Morgan fingerprint density at radius 1 is 0.971 bits per heavy atom. The standard InChI is InChI=1S/C28H40N2O4Si/c1-6-8-10-13-18(7-2)26(32)30-20-16-22(31)23(21(30)17-35(3,4)5)25-24(20)27(33)29(28(25)34)19-14-11-9-12-15-19/h9,11-12,14-15,18,20-21,23-25H,6-8,10,13,16-17H2,1-5H3/t18?,20-,21?,23+,24+,25-/m1/s1. The van der Waals surface area contributed by atoms with E-state index in [9.17, 15) is 19.2 Å². The first kappa shape index (κ1) is 25.8. The lowest BCUT2D eigenvalue weighted by Gasteiger charge is -2.56. The first-order valence-electron chi connectivity index (χ1n) is 13.4. The monoisotopic (exact) mass is 496 g/mol. The SMILES string of the molecule is CCCCCC(CC)C(=O)N1C(C[Si](C)(C)C)[C@H]2C(=O)C[C@@H]1[C@@H]1C(=O)N(c3ccccc3)C(=O)[C@@H]12. The number of para-hydroxylation sites is 1. The molecule has 0 N–H and O–H groups in total. The summed E-state index contributed by atoms with van der Waals surface area (Å²) < 4.78 is 0. The summed E-state index contributed by atoms with van der Waals surface area (Å²) in [5, 5.41) is 0. The molecule has 6 atom stereocenters. The fraction of sp³-hybridized carbons (Fsp3) is 0.643. The molecule has 6 nitrogen and oxygen atoms in total. The lowest BCUT2D eigenvalue weighted by Crippen LogP contribution is -2.69. The molecule has 3 amide bonds. The number of fused-ring (bicyclic) bond motifs is 2. The lowest BCUT2D eigenvalue weighted by molar-refractivity contribution is -0.167. The quantitative estimate of drug-likeness (QED) is 0.277. The Bertz CT molecular complexity index is 988. The molecular formula is C28H40N2O4Si. The van der Waals surface area contributed by atoms with Crippen molar-refractivity contribution in [1.82, 2.24) is 4.90 Å². The number of benzene rings is 1. The highest BCUT2D eigenvalue weighted by molar-refractivity contribution is 6.76. The van der Waals surface area contributed by atoms with Gasteiger partial charge in [-0.05, 0) is 31.0 Å². The largest absolute Gasteiger partial charge is 0.335 e. The van der Waals surface area contributed by atoms with E-state index in [1.807, 2.05) is 23.1 Å².